The maximum absolute atomic E-state index is 12.6. The fourth-order valence-corrected chi connectivity index (χ4v) is 1.17. The van der Waals surface area contributed by atoms with Crippen LogP contribution in [0.1, 0.15) is 25.7 Å². The van der Waals surface area contributed by atoms with Crippen molar-refractivity contribution in [3.63, 3.8) is 0 Å². The lowest BCUT2D eigenvalue weighted by atomic mass is 10.1. The smallest absolute Gasteiger partial charge is 0.100 e. The molecule has 0 aromatic carbocycles. The van der Waals surface area contributed by atoms with Gasteiger partial charge in [0.2, 0.25) is 0 Å². The highest BCUT2D eigenvalue weighted by Crippen LogP contribution is 2.09. The first kappa shape index (κ1) is 7.00. The van der Waals surface area contributed by atoms with Gasteiger partial charge in [0, 0.05) is 0 Å². The molecule has 2 heteroatoms. The van der Waals surface area contributed by atoms with Crippen molar-refractivity contribution in [3.05, 3.63) is 0 Å². The first-order valence-electron chi connectivity index (χ1n) is 3.74. The summed E-state index contributed by atoms with van der Waals surface area (Å²) >= 11 is 0. The van der Waals surface area contributed by atoms with E-state index in [0.717, 1.165) is 38.8 Å². The highest BCUT2D eigenvalue weighted by atomic mass is 19.1. The average Bonchev–Trinajstić information content (AvgIpc) is 1.79. The molecule has 1 fully saturated rings. The van der Waals surface area contributed by atoms with Gasteiger partial charge < -0.3 is 5.32 Å². The Morgan fingerprint density at radius 1 is 1.11 bits per heavy atom. The molecule has 54 valence electrons. The summed E-state index contributed by atoms with van der Waals surface area (Å²) in [4.78, 5) is 0. The lowest BCUT2D eigenvalue weighted by Gasteiger charge is -2.12. The zero-order valence-electron chi connectivity index (χ0n) is 5.70. The van der Waals surface area contributed by atoms with Crippen LogP contribution in [0.25, 0.3) is 0 Å². The molecule has 0 spiro atoms. The highest BCUT2D eigenvalue weighted by Gasteiger charge is 2.07. The summed E-state index contributed by atoms with van der Waals surface area (Å²) in [5.41, 5.74) is 0. The summed E-state index contributed by atoms with van der Waals surface area (Å²) in [7, 11) is 0. The summed E-state index contributed by atoms with van der Waals surface area (Å²) in [6.45, 7) is 2.00. The van der Waals surface area contributed by atoms with E-state index in [1.54, 1.807) is 0 Å². The van der Waals surface area contributed by atoms with Crippen LogP contribution in [-0.4, -0.2) is 19.3 Å². The maximum Gasteiger partial charge on any atom is 0.100 e. The first-order chi connectivity index (χ1) is 4.39. The molecular weight excluding hydrogens is 117 g/mol. The third kappa shape index (κ3) is 2.80. The van der Waals surface area contributed by atoms with Gasteiger partial charge in [-0.3, -0.25) is 0 Å². The minimum atomic E-state index is -0.521. The topological polar surface area (TPSA) is 12.0 Å². The Kier molecular flexibility index (Phi) is 2.98. The van der Waals surface area contributed by atoms with Crippen molar-refractivity contribution in [2.24, 2.45) is 0 Å². The van der Waals surface area contributed by atoms with Crippen LogP contribution in [0.2, 0.25) is 0 Å². The Morgan fingerprint density at radius 3 is 2.22 bits per heavy atom. The number of halogens is 1. The zero-order chi connectivity index (χ0) is 6.53. The third-order valence-electron chi connectivity index (χ3n) is 1.74. The van der Waals surface area contributed by atoms with Crippen molar-refractivity contribution in [2.75, 3.05) is 13.1 Å². The van der Waals surface area contributed by atoms with Crippen LogP contribution in [0.4, 0.5) is 4.39 Å². The minimum absolute atomic E-state index is 0.521. The van der Waals surface area contributed by atoms with Gasteiger partial charge in [0.05, 0.1) is 0 Å². The van der Waals surface area contributed by atoms with E-state index in [-0.39, 0.29) is 0 Å². The van der Waals surface area contributed by atoms with E-state index in [1.807, 2.05) is 0 Å². The van der Waals surface area contributed by atoms with Crippen molar-refractivity contribution in [1.29, 1.82) is 0 Å². The van der Waals surface area contributed by atoms with Crippen LogP contribution in [0.15, 0.2) is 0 Å². The number of hydrogen-bond acceptors (Lipinski definition) is 1. The van der Waals surface area contributed by atoms with Crippen LogP contribution in [0, 0.1) is 0 Å². The fourth-order valence-electron chi connectivity index (χ4n) is 1.17. The monoisotopic (exact) mass is 131 g/mol. The van der Waals surface area contributed by atoms with Gasteiger partial charge in [-0.25, -0.2) is 4.39 Å². The van der Waals surface area contributed by atoms with E-state index in [1.165, 1.54) is 0 Å². The largest absolute Gasteiger partial charge is 0.317 e. The molecule has 1 nitrogen and oxygen atoms in total. The molecule has 1 heterocycles. The molecule has 0 aliphatic carbocycles. The second-order valence-electron chi connectivity index (χ2n) is 2.63. The fraction of sp³-hybridized carbons (Fsp3) is 1.00. The molecule has 0 saturated carbocycles. The molecule has 1 aliphatic heterocycles. The first-order valence-corrected chi connectivity index (χ1v) is 3.74. The standard InChI is InChI=1S/C7H14FN/c8-7-3-1-5-9-6-2-4-7/h7,9H,1-6H2. The van der Waals surface area contributed by atoms with E-state index in [4.69, 9.17) is 0 Å². The zero-order valence-corrected chi connectivity index (χ0v) is 5.70. The molecule has 0 radical (unpaired) electrons. The van der Waals surface area contributed by atoms with E-state index in [9.17, 15) is 4.39 Å². The predicted octanol–water partition coefficient (Wildman–Crippen LogP) is 1.49. The molecule has 0 bridgehead atoms. The average molecular weight is 131 g/mol. The number of nitrogens with one attached hydrogen (secondary N) is 1. The Hall–Kier alpha value is -0.110. The maximum atomic E-state index is 12.6. The molecule has 0 amide bonds. The second kappa shape index (κ2) is 3.83. The van der Waals surface area contributed by atoms with E-state index in [0.29, 0.717) is 0 Å². The quantitative estimate of drug-likeness (QED) is 0.525. The highest BCUT2D eigenvalue weighted by molar-refractivity contribution is 4.62. The van der Waals surface area contributed by atoms with Gasteiger partial charge in [-0.15, -0.1) is 0 Å². The molecular formula is C7H14FN. The molecule has 9 heavy (non-hydrogen) atoms. The van der Waals surface area contributed by atoms with Crippen LogP contribution in [0.3, 0.4) is 0 Å². The SMILES string of the molecule is FC1CCCNCCC1. The molecule has 1 N–H and O–H groups in total. The number of hydrogen-bond donors (Lipinski definition) is 1. The predicted molar refractivity (Wildman–Crippen MR) is 36.2 cm³/mol. The van der Waals surface area contributed by atoms with Gasteiger partial charge >= 0.3 is 0 Å². The van der Waals surface area contributed by atoms with Crippen molar-refractivity contribution in [2.45, 2.75) is 31.9 Å². The lowest BCUT2D eigenvalue weighted by molar-refractivity contribution is 0.272. The van der Waals surface area contributed by atoms with Gasteiger partial charge in [0.25, 0.3) is 0 Å². The minimum Gasteiger partial charge on any atom is -0.317 e. The second-order valence-corrected chi connectivity index (χ2v) is 2.63. The molecule has 0 atom stereocenters. The molecule has 1 saturated heterocycles. The number of rotatable bonds is 0. The van der Waals surface area contributed by atoms with Crippen LogP contribution >= 0.6 is 0 Å². The Bertz CT molecular complexity index is 67.3. The molecule has 0 aromatic heterocycles. The Balaban J connectivity index is 2.12. The molecule has 1 rings (SSSR count). The van der Waals surface area contributed by atoms with Crippen LogP contribution in [-0.2, 0) is 0 Å². The summed E-state index contributed by atoms with van der Waals surface area (Å²) in [6, 6.07) is 0. The molecule has 1 aliphatic rings. The van der Waals surface area contributed by atoms with Crippen molar-refractivity contribution in [3.8, 4) is 0 Å². The van der Waals surface area contributed by atoms with Crippen molar-refractivity contribution >= 4 is 0 Å². The normalized spacial score (nSPS) is 25.0. The van der Waals surface area contributed by atoms with E-state index < -0.39 is 6.17 Å². The molecule has 0 aromatic rings. The van der Waals surface area contributed by atoms with Gasteiger partial charge in [-0.2, -0.15) is 0 Å². The lowest BCUT2D eigenvalue weighted by Crippen LogP contribution is -2.21. The molecule has 0 unspecified atom stereocenters. The van der Waals surface area contributed by atoms with E-state index >= 15 is 0 Å². The van der Waals surface area contributed by atoms with Crippen molar-refractivity contribution < 1.29 is 4.39 Å². The van der Waals surface area contributed by atoms with Gasteiger partial charge in [0.15, 0.2) is 0 Å². The number of alkyl halides is 1. The summed E-state index contributed by atoms with van der Waals surface area (Å²) in [6.07, 6.45) is 2.99. The van der Waals surface area contributed by atoms with Gasteiger partial charge in [0.1, 0.15) is 6.17 Å². The summed E-state index contributed by atoms with van der Waals surface area (Å²) in [5.74, 6) is 0. The summed E-state index contributed by atoms with van der Waals surface area (Å²) in [5, 5.41) is 3.24. The van der Waals surface area contributed by atoms with Crippen LogP contribution in [0.5, 0.6) is 0 Å². The van der Waals surface area contributed by atoms with Crippen molar-refractivity contribution in [1.82, 2.24) is 5.32 Å². The summed E-state index contributed by atoms with van der Waals surface area (Å²) < 4.78 is 12.6. The Morgan fingerprint density at radius 2 is 1.67 bits per heavy atom. The van der Waals surface area contributed by atoms with E-state index in [2.05, 4.69) is 5.32 Å². The van der Waals surface area contributed by atoms with Crippen LogP contribution < -0.4 is 5.32 Å². The van der Waals surface area contributed by atoms with Gasteiger partial charge in [-0.05, 0) is 38.8 Å². The third-order valence-corrected chi connectivity index (χ3v) is 1.74. The Labute approximate surface area is 55.6 Å². The van der Waals surface area contributed by atoms with Gasteiger partial charge in [-0.1, -0.05) is 0 Å².